The Bertz CT molecular complexity index is 649. The zero-order valence-corrected chi connectivity index (χ0v) is 20.3. The van der Waals surface area contributed by atoms with Crippen LogP contribution in [0.15, 0.2) is 24.5 Å². The Balaban J connectivity index is 2.67. The number of carbonyl (C=O) groups excluding carboxylic acids is 1. The molecule has 0 radical (unpaired) electrons. The first kappa shape index (κ1) is 23.4. The van der Waals surface area contributed by atoms with Crippen LogP contribution in [0.25, 0.3) is 0 Å². The smallest absolute Gasteiger partial charge is 0.250 e. The van der Waals surface area contributed by atoms with Crippen LogP contribution in [0.2, 0.25) is 18.1 Å². The van der Waals surface area contributed by atoms with Gasteiger partial charge in [-0.25, -0.2) is 0 Å². The highest BCUT2D eigenvalue weighted by Crippen LogP contribution is 2.68. The topological polar surface area (TPSA) is 44.8 Å². The van der Waals surface area contributed by atoms with E-state index in [9.17, 15) is 4.79 Å². The number of fused-ring (bicyclic) bond motifs is 1. The summed E-state index contributed by atoms with van der Waals surface area (Å²) in [6.07, 6.45) is 6.93. The third kappa shape index (κ3) is 3.33. The highest BCUT2D eigenvalue weighted by atomic mass is 28.4. The first-order valence-electron chi connectivity index (χ1n) is 10.4. The van der Waals surface area contributed by atoms with Gasteiger partial charge in [-0.3, -0.25) is 0 Å². The number of hydrogen-bond acceptors (Lipinski definition) is 4. The Hall–Kier alpha value is -0.913. The van der Waals surface area contributed by atoms with E-state index >= 15 is 0 Å². The number of hydrogen-bond donors (Lipinski definition) is 0. The number of rotatable bonds is 7. The van der Waals surface area contributed by atoms with Gasteiger partial charge in [0.05, 0.1) is 17.3 Å². The summed E-state index contributed by atoms with van der Waals surface area (Å²) in [5.41, 5.74) is -1.11. The van der Waals surface area contributed by atoms with Gasteiger partial charge in [-0.1, -0.05) is 40.7 Å². The zero-order chi connectivity index (χ0) is 21.6. The Labute approximate surface area is 172 Å². The molecule has 1 fully saturated rings. The summed E-state index contributed by atoms with van der Waals surface area (Å²) in [7, 11) is -0.436. The lowest BCUT2D eigenvalue weighted by atomic mass is 9.49. The molecule has 5 heteroatoms. The minimum atomic E-state index is -2.08. The second-order valence-electron chi connectivity index (χ2n) is 10.8. The van der Waals surface area contributed by atoms with Crippen LogP contribution in [-0.4, -0.2) is 34.6 Å². The SMILES string of the molecule is C=C[C@]1(C)C=C(O[Si](C)(C)C(C)(C)C)[C@@]2(C)[C@@H](OCOC)CC[C@@]2(C)[C@H]1C=O. The van der Waals surface area contributed by atoms with Crippen molar-refractivity contribution in [1.29, 1.82) is 0 Å². The van der Waals surface area contributed by atoms with Gasteiger partial charge >= 0.3 is 0 Å². The van der Waals surface area contributed by atoms with Crippen molar-refractivity contribution < 1.29 is 18.7 Å². The van der Waals surface area contributed by atoms with Gasteiger partial charge in [0.25, 0.3) is 0 Å². The molecule has 0 aliphatic heterocycles. The molecule has 2 aliphatic carbocycles. The van der Waals surface area contributed by atoms with E-state index in [4.69, 9.17) is 13.9 Å². The van der Waals surface area contributed by atoms with Crippen LogP contribution in [0.1, 0.15) is 54.4 Å². The summed E-state index contributed by atoms with van der Waals surface area (Å²) in [5, 5.41) is 0.0776. The fraction of sp³-hybridized carbons (Fsp3) is 0.783. The molecule has 2 rings (SSSR count). The Morgan fingerprint density at radius 3 is 2.36 bits per heavy atom. The van der Waals surface area contributed by atoms with E-state index in [1.54, 1.807) is 7.11 Å². The molecule has 0 aromatic heterocycles. The average molecular weight is 409 g/mol. The van der Waals surface area contributed by atoms with Gasteiger partial charge in [0, 0.05) is 18.4 Å². The molecule has 0 aromatic rings. The molecule has 1 saturated carbocycles. The van der Waals surface area contributed by atoms with E-state index < -0.39 is 19.1 Å². The molecule has 0 heterocycles. The van der Waals surface area contributed by atoms with Crippen molar-refractivity contribution in [1.82, 2.24) is 0 Å². The lowest BCUT2D eigenvalue weighted by Crippen LogP contribution is -2.56. The lowest BCUT2D eigenvalue weighted by molar-refractivity contribution is -0.144. The summed E-state index contributed by atoms with van der Waals surface area (Å²) in [6, 6.07) is 0. The number of ether oxygens (including phenoxy) is 2. The molecule has 0 unspecified atom stereocenters. The Morgan fingerprint density at radius 2 is 1.89 bits per heavy atom. The first-order valence-corrected chi connectivity index (χ1v) is 13.3. The van der Waals surface area contributed by atoms with Gasteiger partial charge in [0.1, 0.15) is 13.1 Å². The summed E-state index contributed by atoms with van der Waals surface area (Å²) in [4.78, 5) is 12.3. The van der Waals surface area contributed by atoms with E-state index in [0.29, 0.717) is 0 Å². The van der Waals surface area contributed by atoms with Crippen molar-refractivity contribution in [2.24, 2.45) is 22.2 Å². The molecular formula is C23H40O4Si. The molecule has 0 saturated heterocycles. The van der Waals surface area contributed by atoms with E-state index in [-0.39, 0.29) is 29.3 Å². The quantitative estimate of drug-likeness (QED) is 0.234. The highest BCUT2D eigenvalue weighted by Gasteiger charge is 2.67. The number of methoxy groups -OCH3 is 1. The molecule has 4 nitrogen and oxygen atoms in total. The minimum absolute atomic E-state index is 0.0507. The van der Waals surface area contributed by atoms with Gasteiger partial charge in [0.15, 0.2) is 0 Å². The second kappa shape index (κ2) is 7.40. The van der Waals surface area contributed by atoms with Crippen LogP contribution in [0, 0.1) is 22.2 Å². The Morgan fingerprint density at radius 1 is 1.29 bits per heavy atom. The van der Waals surface area contributed by atoms with Crippen molar-refractivity contribution in [3.63, 3.8) is 0 Å². The molecular weight excluding hydrogens is 368 g/mol. The third-order valence-corrected chi connectivity index (χ3v) is 12.5. The van der Waals surface area contributed by atoms with Crippen molar-refractivity contribution in [2.45, 2.75) is 78.6 Å². The number of aldehydes is 1. The number of carbonyl (C=O) groups is 1. The molecule has 28 heavy (non-hydrogen) atoms. The van der Waals surface area contributed by atoms with Crippen molar-refractivity contribution >= 4 is 14.6 Å². The van der Waals surface area contributed by atoms with Crippen molar-refractivity contribution in [3.05, 3.63) is 24.5 Å². The fourth-order valence-corrected chi connectivity index (χ4v) is 6.05. The molecule has 0 spiro atoms. The normalized spacial score (nSPS) is 38.5. The van der Waals surface area contributed by atoms with E-state index in [2.05, 4.69) is 67.3 Å². The second-order valence-corrected chi connectivity index (χ2v) is 15.5. The fourth-order valence-electron chi connectivity index (χ4n) is 4.92. The van der Waals surface area contributed by atoms with Gasteiger partial charge in [0.2, 0.25) is 8.32 Å². The predicted octanol–water partition coefficient (Wildman–Crippen LogP) is 5.71. The first-order chi connectivity index (χ1) is 12.7. The summed E-state index contributed by atoms with van der Waals surface area (Å²) >= 11 is 0. The summed E-state index contributed by atoms with van der Waals surface area (Å²) < 4.78 is 18.3. The van der Waals surface area contributed by atoms with Crippen LogP contribution in [0.3, 0.4) is 0 Å². The van der Waals surface area contributed by atoms with Gasteiger partial charge in [-0.05, 0) is 49.4 Å². The van der Waals surface area contributed by atoms with Crippen LogP contribution < -0.4 is 0 Å². The Kier molecular flexibility index (Phi) is 6.18. The van der Waals surface area contributed by atoms with E-state index in [1.807, 2.05) is 6.08 Å². The largest absolute Gasteiger partial charge is 0.546 e. The van der Waals surface area contributed by atoms with Crippen LogP contribution in [0.4, 0.5) is 0 Å². The maximum atomic E-state index is 12.3. The summed E-state index contributed by atoms with van der Waals surface area (Å²) in [5.74, 6) is 0.797. The van der Waals surface area contributed by atoms with Crippen molar-refractivity contribution in [3.8, 4) is 0 Å². The van der Waals surface area contributed by atoms with Gasteiger partial charge < -0.3 is 18.7 Å². The zero-order valence-electron chi connectivity index (χ0n) is 19.3. The van der Waals surface area contributed by atoms with Crippen LogP contribution in [-0.2, 0) is 18.7 Å². The van der Waals surface area contributed by atoms with E-state index in [0.717, 1.165) is 24.9 Å². The molecule has 0 bridgehead atoms. The monoisotopic (exact) mass is 408 g/mol. The van der Waals surface area contributed by atoms with Crippen molar-refractivity contribution in [2.75, 3.05) is 13.9 Å². The summed E-state index contributed by atoms with van der Waals surface area (Å²) in [6.45, 7) is 22.1. The lowest BCUT2D eigenvalue weighted by Gasteiger charge is -2.57. The third-order valence-electron chi connectivity index (χ3n) is 8.20. The van der Waals surface area contributed by atoms with Gasteiger partial charge in [-0.2, -0.15) is 0 Å². The van der Waals surface area contributed by atoms with E-state index in [1.165, 1.54) is 0 Å². The molecule has 160 valence electrons. The molecule has 0 aromatic carbocycles. The minimum Gasteiger partial charge on any atom is -0.546 e. The molecule has 5 atom stereocenters. The average Bonchev–Trinajstić information content (AvgIpc) is 2.84. The molecule has 0 amide bonds. The number of allylic oxidation sites excluding steroid dienone is 2. The predicted molar refractivity (Wildman–Crippen MR) is 116 cm³/mol. The molecule has 0 N–H and O–H groups in total. The molecule has 2 aliphatic rings. The van der Waals surface area contributed by atoms with Crippen LogP contribution >= 0.6 is 0 Å². The van der Waals surface area contributed by atoms with Gasteiger partial charge in [-0.15, -0.1) is 6.58 Å². The van der Waals surface area contributed by atoms with Crippen LogP contribution in [0.5, 0.6) is 0 Å². The maximum absolute atomic E-state index is 12.3. The standard InChI is InChI=1S/C23H40O4Si/c1-11-21(5)14-19(27-28(9,10)20(2,3)4)23(7)18(26-16-25-8)12-13-22(23,6)17(21)15-24/h11,14-15,17-18H,1,12-13,16H2,2-10H3/t17-,18-,21+,22-,23+/m0/s1. The maximum Gasteiger partial charge on any atom is 0.250 e. The highest BCUT2D eigenvalue weighted by molar-refractivity contribution is 6.74.